The van der Waals surface area contributed by atoms with Crippen molar-refractivity contribution in [1.82, 2.24) is 0 Å². The number of hydrogen-bond acceptors (Lipinski definition) is 9. The summed E-state index contributed by atoms with van der Waals surface area (Å²) in [6.45, 7) is 0.389. The van der Waals surface area contributed by atoms with Gasteiger partial charge in [0.1, 0.15) is 36.6 Å². The SMILES string of the molecule is OC[C@H]1O[C@H](OC[C@H]2O[C@H](O)[C@@H](OCc3ccccc3)[C@@H]2OCc2ccccc2)[C@@H](OCc2ccccc2)[C@@H]1O. The van der Waals surface area contributed by atoms with Crippen LogP contribution in [0.1, 0.15) is 16.7 Å². The van der Waals surface area contributed by atoms with Crippen molar-refractivity contribution >= 4 is 0 Å². The molecule has 0 bridgehead atoms. The molecule has 0 amide bonds. The number of rotatable bonds is 13. The summed E-state index contributed by atoms with van der Waals surface area (Å²) in [6.07, 6.45) is -7.07. The van der Waals surface area contributed by atoms with E-state index >= 15 is 0 Å². The highest BCUT2D eigenvalue weighted by Gasteiger charge is 2.49. The third kappa shape index (κ3) is 7.32. The molecule has 9 heteroatoms. The summed E-state index contributed by atoms with van der Waals surface area (Å²) in [6, 6.07) is 28.9. The van der Waals surface area contributed by atoms with E-state index in [4.69, 9.17) is 28.4 Å². The molecule has 0 saturated carbocycles. The molecular formula is C31H36O9. The average molecular weight is 553 g/mol. The van der Waals surface area contributed by atoms with Gasteiger partial charge in [-0.2, -0.15) is 0 Å². The summed E-state index contributed by atoms with van der Waals surface area (Å²) >= 11 is 0. The van der Waals surface area contributed by atoms with Crippen LogP contribution in [0.3, 0.4) is 0 Å². The van der Waals surface area contributed by atoms with Gasteiger partial charge in [-0.3, -0.25) is 0 Å². The van der Waals surface area contributed by atoms with Crippen molar-refractivity contribution < 1.29 is 43.7 Å². The quantitative estimate of drug-likeness (QED) is 0.294. The van der Waals surface area contributed by atoms with Crippen molar-refractivity contribution in [1.29, 1.82) is 0 Å². The average Bonchev–Trinajstić information content (AvgIpc) is 3.48. The van der Waals surface area contributed by atoms with Gasteiger partial charge in [-0.15, -0.1) is 0 Å². The van der Waals surface area contributed by atoms with Crippen molar-refractivity contribution in [2.45, 2.75) is 69.0 Å². The van der Waals surface area contributed by atoms with Gasteiger partial charge >= 0.3 is 0 Å². The predicted octanol–water partition coefficient (Wildman–Crippen LogP) is 2.55. The largest absolute Gasteiger partial charge is 0.394 e. The van der Waals surface area contributed by atoms with Gasteiger partial charge in [-0.05, 0) is 16.7 Å². The van der Waals surface area contributed by atoms with Crippen molar-refractivity contribution in [2.75, 3.05) is 13.2 Å². The van der Waals surface area contributed by atoms with Crippen LogP contribution in [-0.2, 0) is 48.2 Å². The molecule has 3 aromatic rings. The minimum Gasteiger partial charge on any atom is -0.394 e. The Labute approximate surface area is 233 Å². The molecule has 0 aliphatic carbocycles. The molecule has 3 aromatic carbocycles. The molecule has 2 aliphatic rings. The Hall–Kier alpha value is -2.70. The fourth-order valence-electron chi connectivity index (χ4n) is 4.88. The molecule has 2 aliphatic heterocycles. The van der Waals surface area contributed by atoms with Crippen molar-refractivity contribution in [3.63, 3.8) is 0 Å². The zero-order chi connectivity index (χ0) is 27.7. The molecule has 0 radical (unpaired) electrons. The van der Waals surface area contributed by atoms with Crippen LogP contribution in [0.15, 0.2) is 91.0 Å². The van der Waals surface area contributed by atoms with E-state index in [2.05, 4.69) is 0 Å². The summed E-state index contributed by atoms with van der Waals surface area (Å²) in [4.78, 5) is 0. The fourth-order valence-corrected chi connectivity index (χ4v) is 4.88. The van der Waals surface area contributed by atoms with Crippen LogP contribution in [0.2, 0.25) is 0 Å². The van der Waals surface area contributed by atoms with Crippen LogP contribution in [0, 0.1) is 0 Å². The Balaban J connectivity index is 1.25. The highest BCUT2D eigenvalue weighted by atomic mass is 16.7. The Morgan fingerprint density at radius 3 is 1.52 bits per heavy atom. The number of hydrogen-bond donors (Lipinski definition) is 3. The second-order valence-electron chi connectivity index (χ2n) is 9.90. The number of aliphatic hydroxyl groups is 3. The van der Waals surface area contributed by atoms with Gasteiger partial charge in [0.05, 0.1) is 33.0 Å². The number of benzene rings is 3. The second-order valence-corrected chi connectivity index (χ2v) is 9.90. The molecule has 8 atom stereocenters. The predicted molar refractivity (Wildman–Crippen MR) is 144 cm³/mol. The number of ether oxygens (including phenoxy) is 6. The zero-order valence-corrected chi connectivity index (χ0v) is 22.1. The van der Waals surface area contributed by atoms with Crippen molar-refractivity contribution in [3.8, 4) is 0 Å². The maximum Gasteiger partial charge on any atom is 0.187 e. The molecule has 0 spiro atoms. The van der Waals surface area contributed by atoms with Crippen LogP contribution in [0.25, 0.3) is 0 Å². The van der Waals surface area contributed by atoms with Gasteiger partial charge in [0, 0.05) is 0 Å². The Morgan fingerprint density at radius 2 is 1.02 bits per heavy atom. The van der Waals surface area contributed by atoms with Gasteiger partial charge in [0.15, 0.2) is 12.6 Å². The summed E-state index contributed by atoms with van der Waals surface area (Å²) in [5.41, 5.74) is 2.85. The van der Waals surface area contributed by atoms with E-state index in [0.29, 0.717) is 0 Å². The number of aliphatic hydroxyl groups excluding tert-OH is 3. The molecule has 0 unspecified atom stereocenters. The van der Waals surface area contributed by atoms with Gasteiger partial charge in [-0.25, -0.2) is 0 Å². The van der Waals surface area contributed by atoms with Gasteiger partial charge < -0.3 is 43.7 Å². The van der Waals surface area contributed by atoms with E-state index in [9.17, 15) is 15.3 Å². The first-order chi connectivity index (χ1) is 19.6. The summed E-state index contributed by atoms with van der Waals surface area (Å²) < 4.78 is 35.9. The second kappa shape index (κ2) is 14.3. The van der Waals surface area contributed by atoms with E-state index in [-0.39, 0.29) is 33.0 Å². The molecule has 214 valence electrons. The summed E-state index contributed by atoms with van der Waals surface area (Å²) in [5.74, 6) is 0. The maximum absolute atomic E-state index is 10.8. The zero-order valence-electron chi connectivity index (χ0n) is 22.1. The maximum atomic E-state index is 10.8. The first kappa shape index (κ1) is 28.8. The van der Waals surface area contributed by atoms with Gasteiger partial charge in [0.25, 0.3) is 0 Å². The van der Waals surface area contributed by atoms with E-state index < -0.39 is 49.2 Å². The molecule has 2 heterocycles. The molecule has 40 heavy (non-hydrogen) atoms. The van der Waals surface area contributed by atoms with Crippen LogP contribution < -0.4 is 0 Å². The van der Waals surface area contributed by atoms with Crippen LogP contribution >= 0.6 is 0 Å². The van der Waals surface area contributed by atoms with E-state index in [0.717, 1.165) is 16.7 Å². The highest BCUT2D eigenvalue weighted by molar-refractivity contribution is 5.15. The minimum absolute atomic E-state index is 0.0254. The summed E-state index contributed by atoms with van der Waals surface area (Å²) in [5, 5.41) is 31.2. The topological polar surface area (TPSA) is 116 Å². The first-order valence-electron chi connectivity index (χ1n) is 13.5. The Kier molecular flexibility index (Phi) is 10.3. The molecule has 0 aromatic heterocycles. The van der Waals surface area contributed by atoms with Crippen LogP contribution in [-0.4, -0.2) is 77.7 Å². The molecule has 5 rings (SSSR count). The molecular weight excluding hydrogens is 516 g/mol. The minimum atomic E-state index is -1.23. The third-order valence-electron chi connectivity index (χ3n) is 7.04. The Bertz CT molecular complexity index is 1130. The molecule has 9 nitrogen and oxygen atoms in total. The van der Waals surface area contributed by atoms with Crippen LogP contribution in [0.4, 0.5) is 0 Å². The fraction of sp³-hybridized carbons (Fsp3) is 0.419. The van der Waals surface area contributed by atoms with Crippen molar-refractivity contribution in [2.24, 2.45) is 0 Å². The third-order valence-corrected chi connectivity index (χ3v) is 7.04. The standard InChI is InChI=1S/C31H36O9/c32-16-24-26(33)28(36-18-22-12-6-2-7-13-22)31(40-24)38-20-25-27(35-17-21-10-4-1-5-11-21)29(30(34)39-25)37-19-23-14-8-3-9-15-23/h1-15,24-34H,16-20H2/t24-,25-,26-,27-,28+,29+,30+,31+/m1/s1. The van der Waals surface area contributed by atoms with Gasteiger partial charge in [0.2, 0.25) is 0 Å². The van der Waals surface area contributed by atoms with E-state index in [1.807, 2.05) is 91.0 Å². The normalized spacial score (nSPS) is 30.1. The molecule has 3 N–H and O–H groups in total. The van der Waals surface area contributed by atoms with E-state index in [1.54, 1.807) is 0 Å². The monoisotopic (exact) mass is 552 g/mol. The molecule has 2 fully saturated rings. The lowest BCUT2D eigenvalue weighted by Gasteiger charge is -2.26. The Morgan fingerprint density at radius 1 is 0.550 bits per heavy atom. The lowest BCUT2D eigenvalue weighted by molar-refractivity contribution is -0.208. The first-order valence-corrected chi connectivity index (χ1v) is 13.5. The smallest absolute Gasteiger partial charge is 0.187 e. The molecule has 2 saturated heterocycles. The highest BCUT2D eigenvalue weighted by Crippen LogP contribution is 2.30. The summed E-state index contributed by atoms with van der Waals surface area (Å²) in [7, 11) is 0. The lowest BCUT2D eigenvalue weighted by Crippen LogP contribution is -2.41. The van der Waals surface area contributed by atoms with Crippen LogP contribution in [0.5, 0.6) is 0 Å². The lowest BCUT2D eigenvalue weighted by atomic mass is 10.1. The van der Waals surface area contributed by atoms with Crippen molar-refractivity contribution in [3.05, 3.63) is 108 Å². The van der Waals surface area contributed by atoms with Gasteiger partial charge in [-0.1, -0.05) is 91.0 Å². The van der Waals surface area contributed by atoms with E-state index in [1.165, 1.54) is 0 Å².